The second kappa shape index (κ2) is 9.14. The van der Waals surface area contributed by atoms with E-state index in [4.69, 9.17) is 4.74 Å². The number of ether oxygens (including phenoxy) is 1. The summed E-state index contributed by atoms with van der Waals surface area (Å²) in [6.45, 7) is 4.49. The summed E-state index contributed by atoms with van der Waals surface area (Å²) in [7, 11) is 1.60. The molecule has 2 aromatic carbocycles. The SMILES string of the molecule is COc1ccc(CC(=O)NCCNC(=O)c2ccc3nc(C)c(C)nc3c2)cc1. The maximum Gasteiger partial charge on any atom is 0.251 e. The van der Waals surface area contributed by atoms with Crippen LogP contribution in [0, 0.1) is 13.8 Å². The predicted octanol–water partition coefficient (Wildman–Crippen LogP) is 2.34. The first-order valence-corrected chi connectivity index (χ1v) is 9.39. The number of rotatable bonds is 7. The molecular weight excluding hydrogens is 368 g/mol. The normalized spacial score (nSPS) is 10.6. The van der Waals surface area contributed by atoms with Crippen LogP contribution in [-0.2, 0) is 11.2 Å². The van der Waals surface area contributed by atoms with Crippen LogP contribution >= 0.6 is 0 Å². The van der Waals surface area contributed by atoms with Gasteiger partial charge in [-0.3, -0.25) is 9.59 Å². The van der Waals surface area contributed by atoms with E-state index in [0.717, 1.165) is 28.2 Å². The number of aryl methyl sites for hydroxylation is 2. The first kappa shape index (κ1) is 20.3. The number of nitrogens with zero attached hydrogens (tertiary/aromatic N) is 2. The Morgan fingerprint density at radius 2 is 1.55 bits per heavy atom. The van der Waals surface area contributed by atoms with E-state index >= 15 is 0 Å². The van der Waals surface area contributed by atoms with Gasteiger partial charge in [-0.1, -0.05) is 12.1 Å². The molecule has 0 saturated heterocycles. The second-order valence-corrected chi connectivity index (χ2v) is 6.73. The van der Waals surface area contributed by atoms with Gasteiger partial charge in [-0.2, -0.15) is 0 Å². The molecule has 0 bridgehead atoms. The van der Waals surface area contributed by atoms with Crippen molar-refractivity contribution in [1.29, 1.82) is 0 Å². The zero-order valence-corrected chi connectivity index (χ0v) is 16.8. The summed E-state index contributed by atoms with van der Waals surface area (Å²) < 4.78 is 5.10. The maximum absolute atomic E-state index is 12.4. The first-order valence-electron chi connectivity index (χ1n) is 9.39. The zero-order chi connectivity index (χ0) is 20.8. The molecule has 0 aliphatic carbocycles. The quantitative estimate of drug-likeness (QED) is 0.602. The van der Waals surface area contributed by atoms with Crippen LogP contribution in [0.5, 0.6) is 5.75 Å². The lowest BCUT2D eigenvalue weighted by Gasteiger charge is -2.09. The van der Waals surface area contributed by atoms with Crippen LogP contribution in [0.3, 0.4) is 0 Å². The van der Waals surface area contributed by atoms with Crippen LogP contribution in [0.4, 0.5) is 0 Å². The molecule has 2 amide bonds. The van der Waals surface area contributed by atoms with Gasteiger partial charge in [0.2, 0.25) is 5.91 Å². The van der Waals surface area contributed by atoms with E-state index < -0.39 is 0 Å². The number of fused-ring (bicyclic) bond motifs is 1. The Bertz CT molecular complexity index is 1030. The molecule has 0 aliphatic rings. The van der Waals surface area contributed by atoms with E-state index in [9.17, 15) is 9.59 Å². The summed E-state index contributed by atoms with van der Waals surface area (Å²) in [5.41, 5.74) is 4.58. The largest absolute Gasteiger partial charge is 0.497 e. The summed E-state index contributed by atoms with van der Waals surface area (Å²) in [5, 5.41) is 5.61. The van der Waals surface area contributed by atoms with Crippen molar-refractivity contribution >= 4 is 22.8 Å². The average Bonchev–Trinajstić information content (AvgIpc) is 2.72. The minimum absolute atomic E-state index is 0.101. The number of carbonyl (C=O) groups is 2. The molecule has 3 aromatic rings. The Labute approximate surface area is 169 Å². The molecule has 0 atom stereocenters. The van der Waals surface area contributed by atoms with Crippen LogP contribution < -0.4 is 15.4 Å². The summed E-state index contributed by atoms with van der Waals surface area (Å²) in [6, 6.07) is 12.6. The molecule has 7 heteroatoms. The number of amides is 2. The van der Waals surface area contributed by atoms with Crippen molar-refractivity contribution < 1.29 is 14.3 Å². The second-order valence-electron chi connectivity index (χ2n) is 6.73. The lowest BCUT2D eigenvalue weighted by Crippen LogP contribution is -2.35. The highest BCUT2D eigenvalue weighted by molar-refractivity contribution is 5.97. The summed E-state index contributed by atoms with van der Waals surface area (Å²) in [6.07, 6.45) is 0.278. The molecule has 2 N–H and O–H groups in total. The Morgan fingerprint density at radius 3 is 2.24 bits per heavy atom. The standard InChI is InChI=1S/C22H24N4O3/c1-14-15(2)26-20-13-17(6-9-19(20)25-14)22(28)24-11-10-23-21(27)12-16-4-7-18(29-3)8-5-16/h4-9,13H,10-12H2,1-3H3,(H,23,27)(H,24,28). The Hall–Kier alpha value is -3.48. The van der Waals surface area contributed by atoms with Gasteiger partial charge < -0.3 is 15.4 Å². The van der Waals surface area contributed by atoms with Gasteiger partial charge in [-0.25, -0.2) is 9.97 Å². The van der Waals surface area contributed by atoms with Crippen LogP contribution in [0.25, 0.3) is 11.0 Å². The molecule has 1 aromatic heterocycles. The zero-order valence-electron chi connectivity index (χ0n) is 16.8. The molecule has 1 heterocycles. The average molecular weight is 392 g/mol. The van der Waals surface area contributed by atoms with Crippen molar-refractivity contribution in [3.05, 3.63) is 65.0 Å². The third kappa shape index (κ3) is 5.28. The summed E-state index contributed by atoms with van der Waals surface area (Å²) in [5.74, 6) is 0.439. The van der Waals surface area contributed by atoms with Crippen molar-refractivity contribution in [2.75, 3.05) is 20.2 Å². The molecule has 0 unspecified atom stereocenters. The van der Waals surface area contributed by atoms with E-state index in [1.165, 1.54) is 0 Å². The van der Waals surface area contributed by atoms with E-state index in [2.05, 4.69) is 20.6 Å². The van der Waals surface area contributed by atoms with Crippen LogP contribution in [0.2, 0.25) is 0 Å². The fourth-order valence-corrected chi connectivity index (χ4v) is 2.84. The molecular formula is C22H24N4O3. The first-order chi connectivity index (χ1) is 14.0. The fraction of sp³-hybridized carbons (Fsp3) is 0.273. The number of nitrogens with one attached hydrogen (secondary N) is 2. The van der Waals surface area contributed by atoms with Gasteiger partial charge in [0, 0.05) is 18.7 Å². The lowest BCUT2D eigenvalue weighted by molar-refractivity contribution is -0.120. The smallest absolute Gasteiger partial charge is 0.251 e. The van der Waals surface area contributed by atoms with Gasteiger partial charge in [0.15, 0.2) is 0 Å². The van der Waals surface area contributed by atoms with Crippen LogP contribution in [-0.4, -0.2) is 42.0 Å². The Morgan fingerprint density at radius 1 is 0.897 bits per heavy atom. The third-order valence-corrected chi connectivity index (χ3v) is 4.59. The van der Waals surface area contributed by atoms with Crippen molar-refractivity contribution in [3.63, 3.8) is 0 Å². The minimum atomic E-state index is -0.212. The third-order valence-electron chi connectivity index (χ3n) is 4.59. The van der Waals surface area contributed by atoms with Gasteiger partial charge in [-0.05, 0) is 49.7 Å². The molecule has 150 valence electrons. The van der Waals surface area contributed by atoms with Crippen LogP contribution in [0.1, 0.15) is 27.3 Å². The Balaban J connectivity index is 1.47. The minimum Gasteiger partial charge on any atom is -0.497 e. The van der Waals surface area contributed by atoms with Gasteiger partial charge in [0.25, 0.3) is 5.91 Å². The van der Waals surface area contributed by atoms with Crippen LogP contribution in [0.15, 0.2) is 42.5 Å². The van der Waals surface area contributed by atoms with E-state index in [1.807, 2.05) is 38.1 Å². The monoisotopic (exact) mass is 392 g/mol. The predicted molar refractivity (Wildman–Crippen MR) is 111 cm³/mol. The van der Waals surface area contributed by atoms with Gasteiger partial charge in [0.05, 0.1) is 36.0 Å². The molecule has 29 heavy (non-hydrogen) atoms. The molecule has 7 nitrogen and oxygen atoms in total. The number of methoxy groups -OCH3 is 1. The van der Waals surface area contributed by atoms with Gasteiger partial charge in [-0.15, -0.1) is 0 Å². The van der Waals surface area contributed by atoms with Crippen molar-refractivity contribution in [1.82, 2.24) is 20.6 Å². The Kier molecular flexibility index (Phi) is 6.39. The van der Waals surface area contributed by atoms with Gasteiger partial charge >= 0.3 is 0 Å². The summed E-state index contributed by atoms with van der Waals surface area (Å²) in [4.78, 5) is 33.3. The number of hydrogen-bond donors (Lipinski definition) is 2. The molecule has 0 spiro atoms. The van der Waals surface area contributed by atoms with Gasteiger partial charge in [0.1, 0.15) is 5.75 Å². The molecule has 0 saturated carbocycles. The lowest BCUT2D eigenvalue weighted by atomic mass is 10.1. The number of hydrogen-bond acceptors (Lipinski definition) is 5. The van der Waals surface area contributed by atoms with Crippen molar-refractivity contribution in [2.45, 2.75) is 20.3 Å². The molecule has 0 fully saturated rings. The highest BCUT2D eigenvalue weighted by Gasteiger charge is 2.09. The van der Waals surface area contributed by atoms with E-state index in [-0.39, 0.29) is 18.2 Å². The van der Waals surface area contributed by atoms with E-state index in [0.29, 0.717) is 24.2 Å². The number of benzene rings is 2. The topological polar surface area (TPSA) is 93.2 Å². The summed E-state index contributed by atoms with van der Waals surface area (Å²) >= 11 is 0. The molecule has 0 aliphatic heterocycles. The van der Waals surface area contributed by atoms with Crippen molar-refractivity contribution in [2.24, 2.45) is 0 Å². The number of carbonyl (C=O) groups excluding carboxylic acids is 2. The fourth-order valence-electron chi connectivity index (χ4n) is 2.84. The van der Waals surface area contributed by atoms with E-state index in [1.54, 1.807) is 25.3 Å². The molecule has 0 radical (unpaired) electrons. The highest BCUT2D eigenvalue weighted by Crippen LogP contribution is 2.14. The maximum atomic E-state index is 12.4. The molecule has 3 rings (SSSR count). The van der Waals surface area contributed by atoms with Crippen molar-refractivity contribution in [3.8, 4) is 5.75 Å². The highest BCUT2D eigenvalue weighted by atomic mass is 16.5. The number of aromatic nitrogens is 2.